The minimum absolute atomic E-state index is 0.513. The molecule has 1 heterocycles. The molecule has 4 nitrogen and oxygen atoms in total. The van der Waals surface area contributed by atoms with Crippen molar-refractivity contribution in [1.29, 1.82) is 0 Å². The maximum Gasteiger partial charge on any atom is 0.186 e. The van der Waals surface area contributed by atoms with Crippen LogP contribution in [0.5, 0.6) is 0 Å². The van der Waals surface area contributed by atoms with Crippen LogP contribution in [0.3, 0.4) is 0 Å². The average Bonchev–Trinajstić information content (AvgIpc) is 2.65. The van der Waals surface area contributed by atoms with Crippen LogP contribution in [0.1, 0.15) is 33.6 Å². The molecule has 1 N–H and O–H groups in total. The number of nitrogens with one attached hydrogen (secondary N) is 1. The van der Waals surface area contributed by atoms with E-state index in [0.717, 1.165) is 18.1 Å². The summed E-state index contributed by atoms with van der Waals surface area (Å²) in [7, 11) is 1.93. The van der Waals surface area contributed by atoms with Crippen molar-refractivity contribution >= 4 is 11.8 Å². The summed E-state index contributed by atoms with van der Waals surface area (Å²) in [4.78, 5) is 4.24. The Bertz CT molecular complexity index is 300. The fourth-order valence-corrected chi connectivity index (χ4v) is 2.71. The summed E-state index contributed by atoms with van der Waals surface area (Å²) in [5, 5.41) is 9.16. The van der Waals surface area contributed by atoms with Gasteiger partial charge in [0, 0.05) is 18.3 Å². The van der Waals surface area contributed by atoms with Crippen molar-refractivity contribution in [1.82, 2.24) is 20.1 Å². The third-order valence-corrected chi connectivity index (χ3v) is 3.90. The number of nitrogens with zero attached hydrogens (tertiary/aromatic N) is 3. The maximum atomic E-state index is 4.24. The molecule has 1 rings (SSSR count). The first-order valence-electron chi connectivity index (χ1n) is 5.93. The standard InChI is InChI=1S/C11H22N4S/c1-5-7-12-10(6-2)9(3)16-11-13-8-14-15(11)4/h8-10,12H,5-7H2,1-4H3. The van der Waals surface area contributed by atoms with E-state index in [4.69, 9.17) is 0 Å². The molecule has 92 valence electrons. The molecule has 1 aromatic rings. The smallest absolute Gasteiger partial charge is 0.186 e. The molecule has 0 saturated heterocycles. The molecule has 0 bridgehead atoms. The minimum Gasteiger partial charge on any atom is -0.313 e. The Morgan fingerprint density at radius 2 is 2.25 bits per heavy atom. The van der Waals surface area contributed by atoms with Crippen LogP contribution >= 0.6 is 11.8 Å². The highest BCUT2D eigenvalue weighted by molar-refractivity contribution is 7.99. The molecule has 0 aliphatic rings. The van der Waals surface area contributed by atoms with Crippen molar-refractivity contribution < 1.29 is 0 Å². The number of aryl methyl sites for hydroxylation is 1. The maximum absolute atomic E-state index is 4.24. The lowest BCUT2D eigenvalue weighted by Gasteiger charge is -2.22. The first-order chi connectivity index (χ1) is 7.69. The van der Waals surface area contributed by atoms with Crippen LogP contribution in [0.4, 0.5) is 0 Å². The highest BCUT2D eigenvalue weighted by atomic mass is 32.2. The van der Waals surface area contributed by atoms with E-state index in [9.17, 15) is 0 Å². The molecule has 2 unspecified atom stereocenters. The molecule has 0 radical (unpaired) electrons. The zero-order valence-electron chi connectivity index (χ0n) is 10.6. The molecule has 0 fully saturated rings. The Morgan fingerprint density at radius 1 is 1.50 bits per heavy atom. The Morgan fingerprint density at radius 3 is 2.75 bits per heavy atom. The first kappa shape index (κ1) is 13.5. The lowest BCUT2D eigenvalue weighted by atomic mass is 10.1. The van der Waals surface area contributed by atoms with Gasteiger partial charge in [-0.25, -0.2) is 9.67 Å². The Labute approximate surface area is 102 Å². The SMILES string of the molecule is CCCNC(CC)C(C)Sc1ncnn1C. The highest BCUT2D eigenvalue weighted by Crippen LogP contribution is 2.23. The van der Waals surface area contributed by atoms with Gasteiger partial charge in [0.25, 0.3) is 0 Å². The van der Waals surface area contributed by atoms with Gasteiger partial charge in [0.15, 0.2) is 5.16 Å². The average molecular weight is 242 g/mol. The quantitative estimate of drug-likeness (QED) is 0.743. The lowest BCUT2D eigenvalue weighted by molar-refractivity contribution is 0.492. The first-order valence-corrected chi connectivity index (χ1v) is 6.81. The fraction of sp³-hybridized carbons (Fsp3) is 0.818. The van der Waals surface area contributed by atoms with E-state index in [1.807, 2.05) is 11.7 Å². The van der Waals surface area contributed by atoms with Gasteiger partial charge in [-0.05, 0) is 19.4 Å². The van der Waals surface area contributed by atoms with Crippen LogP contribution in [0.15, 0.2) is 11.5 Å². The van der Waals surface area contributed by atoms with E-state index in [1.165, 1.54) is 6.42 Å². The third kappa shape index (κ3) is 3.79. The highest BCUT2D eigenvalue weighted by Gasteiger charge is 2.17. The van der Waals surface area contributed by atoms with Gasteiger partial charge in [-0.3, -0.25) is 0 Å². The number of thioether (sulfide) groups is 1. The zero-order valence-corrected chi connectivity index (χ0v) is 11.4. The Hall–Kier alpha value is -0.550. The van der Waals surface area contributed by atoms with Crippen molar-refractivity contribution in [2.75, 3.05) is 6.54 Å². The predicted molar refractivity (Wildman–Crippen MR) is 68.7 cm³/mol. The van der Waals surface area contributed by atoms with E-state index in [1.54, 1.807) is 18.1 Å². The Balaban J connectivity index is 2.49. The summed E-state index contributed by atoms with van der Waals surface area (Å²) in [5.41, 5.74) is 0. The Kier molecular flexibility index (Phi) is 5.84. The van der Waals surface area contributed by atoms with Gasteiger partial charge in [-0.15, -0.1) is 0 Å². The van der Waals surface area contributed by atoms with Crippen LogP contribution in [-0.2, 0) is 7.05 Å². The number of hydrogen-bond donors (Lipinski definition) is 1. The molecule has 5 heteroatoms. The van der Waals surface area contributed by atoms with Crippen molar-refractivity contribution in [3.63, 3.8) is 0 Å². The number of hydrogen-bond acceptors (Lipinski definition) is 4. The van der Waals surface area contributed by atoms with E-state index < -0.39 is 0 Å². The minimum atomic E-state index is 0.513. The second-order valence-corrected chi connectivity index (χ2v) is 5.30. The van der Waals surface area contributed by atoms with Gasteiger partial charge >= 0.3 is 0 Å². The van der Waals surface area contributed by atoms with Crippen molar-refractivity contribution in [2.45, 2.75) is 50.1 Å². The van der Waals surface area contributed by atoms with Crippen LogP contribution in [-0.4, -0.2) is 32.6 Å². The van der Waals surface area contributed by atoms with E-state index in [2.05, 4.69) is 36.2 Å². The second kappa shape index (κ2) is 6.91. The topological polar surface area (TPSA) is 42.7 Å². The number of rotatable bonds is 7. The summed E-state index contributed by atoms with van der Waals surface area (Å²) < 4.78 is 1.83. The molecule has 0 aromatic carbocycles. The molecular formula is C11H22N4S. The summed E-state index contributed by atoms with van der Waals surface area (Å²) in [6.45, 7) is 7.75. The molecule has 0 amide bonds. The summed E-state index contributed by atoms with van der Waals surface area (Å²) in [5.74, 6) is 0. The van der Waals surface area contributed by atoms with Gasteiger partial charge in [0.2, 0.25) is 0 Å². The van der Waals surface area contributed by atoms with Crippen LogP contribution < -0.4 is 5.32 Å². The van der Waals surface area contributed by atoms with Gasteiger partial charge in [0.05, 0.1) is 0 Å². The van der Waals surface area contributed by atoms with Gasteiger partial charge in [-0.1, -0.05) is 32.5 Å². The molecule has 0 spiro atoms. The molecule has 1 aromatic heterocycles. The summed E-state index contributed by atoms with van der Waals surface area (Å²) >= 11 is 1.79. The molecule has 0 saturated carbocycles. The van der Waals surface area contributed by atoms with E-state index >= 15 is 0 Å². The molecule has 0 aliphatic carbocycles. The van der Waals surface area contributed by atoms with Crippen molar-refractivity contribution in [2.24, 2.45) is 7.05 Å². The molecule has 2 atom stereocenters. The summed E-state index contributed by atoms with van der Waals surface area (Å²) in [6, 6.07) is 0.543. The van der Waals surface area contributed by atoms with Crippen molar-refractivity contribution in [3.05, 3.63) is 6.33 Å². The van der Waals surface area contributed by atoms with Crippen LogP contribution in [0.2, 0.25) is 0 Å². The van der Waals surface area contributed by atoms with E-state index in [0.29, 0.717) is 11.3 Å². The third-order valence-electron chi connectivity index (χ3n) is 2.62. The van der Waals surface area contributed by atoms with Gasteiger partial charge in [-0.2, -0.15) is 5.10 Å². The number of aromatic nitrogens is 3. The predicted octanol–water partition coefficient (Wildman–Crippen LogP) is 2.07. The zero-order chi connectivity index (χ0) is 12.0. The lowest BCUT2D eigenvalue weighted by Crippen LogP contribution is -2.36. The van der Waals surface area contributed by atoms with Crippen LogP contribution in [0.25, 0.3) is 0 Å². The van der Waals surface area contributed by atoms with E-state index in [-0.39, 0.29) is 0 Å². The summed E-state index contributed by atoms with van der Waals surface area (Å²) in [6.07, 6.45) is 3.93. The van der Waals surface area contributed by atoms with Crippen LogP contribution in [0, 0.1) is 0 Å². The van der Waals surface area contributed by atoms with Gasteiger partial charge < -0.3 is 5.32 Å². The normalized spacial score (nSPS) is 15.0. The monoisotopic (exact) mass is 242 g/mol. The van der Waals surface area contributed by atoms with Gasteiger partial charge in [0.1, 0.15) is 6.33 Å². The molecule has 16 heavy (non-hydrogen) atoms. The van der Waals surface area contributed by atoms with Crippen molar-refractivity contribution in [3.8, 4) is 0 Å². The molecular weight excluding hydrogens is 220 g/mol. The second-order valence-electron chi connectivity index (χ2n) is 3.96. The fourth-order valence-electron chi connectivity index (χ4n) is 1.61. The largest absolute Gasteiger partial charge is 0.313 e. The molecule has 0 aliphatic heterocycles.